The number of fused-ring (bicyclic) bond motifs is 1. The molecule has 4 heterocycles. The first-order valence-corrected chi connectivity index (χ1v) is 7.83. The quantitative estimate of drug-likeness (QED) is 0.605. The predicted molar refractivity (Wildman–Crippen MR) is 94.3 cm³/mol. The molecule has 7 nitrogen and oxygen atoms in total. The van der Waals surface area contributed by atoms with Gasteiger partial charge in [-0.15, -0.1) is 5.10 Å². The lowest BCUT2D eigenvalue weighted by Gasteiger charge is -2.10. The molecule has 0 saturated heterocycles. The maximum absolute atomic E-state index is 5.19. The molecule has 1 N–H and O–H groups in total. The Morgan fingerprint density at radius 2 is 1.92 bits per heavy atom. The molecule has 0 atom stereocenters. The van der Waals surface area contributed by atoms with E-state index in [1.165, 1.54) is 0 Å². The highest BCUT2D eigenvalue weighted by atomic mass is 16.5. The molecule has 7 heteroatoms. The lowest BCUT2D eigenvalue weighted by Crippen LogP contribution is -2.07. The van der Waals surface area contributed by atoms with Crippen molar-refractivity contribution in [3.63, 3.8) is 0 Å². The van der Waals surface area contributed by atoms with E-state index in [0.717, 1.165) is 16.9 Å². The predicted octanol–water partition coefficient (Wildman–Crippen LogP) is 2.81. The van der Waals surface area contributed by atoms with Gasteiger partial charge in [-0.1, -0.05) is 6.07 Å². The third kappa shape index (κ3) is 3.12. The number of anilines is 1. The normalized spacial score (nSPS) is 10.8. The van der Waals surface area contributed by atoms with Gasteiger partial charge in [-0.05, 0) is 35.9 Å². The second kappa shape index (κ2) is 6.56. The van der Waals surface area contributed by atoms with E-state index >= 15 is 0 Å². The maximum atomic E-state index is 5.19. The molecular weight excluding hydrogens is 316 g/mol. The number of nitrogens with one attached hydrogen (secondary N) is 1. The smallest absolute Gasteiger partial charge is 0.213 e. The Morgan fingerprint density at radius 3 is 2.76 bits per heavy atom. The third-order valence-corrected chi connectivity index (χ3v) is 3.76. The van der Waals surface area contributed by atoms with Crippen molar-refractivity contribution in [3.8, 4) is 17.4 Å². The number of hydrogen-bond donors (Lipinski definition) is 1. The molecule has 0 bridgehead atoms. The largest absolute Gasteiger partial charge is 0.481 e. The number of ether oxygens (including phenoxy) is 1. The van der Waals surface area contributed by atoms with Gasteiger partial charge in [0.1, 0.15) is 11.2 Å². The van der Waals surface area contributed by atoms with E-state index in [4.69, 9.17) is 4.74 Å². The van der Waals surface area contributed by atoms with Crippen molar-refractivity contribution in [1.82, 2.24) is 24.6 Å². The Balaban J connectivity index is 1.71. The number of pyridine rings is 2. The van der Waals surface area contributed by atoms with Crippen LogP contribution in [0.1, 0.15) is 5.56 Å². The second-order valence-electron chi connectivity index (χ2n) is 5.40. The molecule has 0 amide bonds. The molecular formula is C18H16N6O. The number of methoxy groups -OCH3 is 1. The summed E-state index contributed by atoms with van der Waals surface area (Å²) in [6.07, 6.45) is 5.43. The van der Waals surface area contributed by atoms with Crippen molar-refractivity contribution in [3.05, 3.63) is 66.6 Å². The minimum Gasteiger partial charge on any atom is -0.481 e. The highest BCUT2D eigenvalue weighted by Gasteiger charge is 2.11. The van der Waals surface area contributed by atoms with Crippen LogP contribution in [-0.2, 0) is 6.54 Å². The van der Waals surface area contributed by atoms with Gasteiger partial charge in [0.25, 0.3) is 0 Å². The van der Waals surface area contributed by atoms with Crippen LogP contribution in [0.5, 0.6) is 5.88 Å². The molecule has 0 spiro atoms. The van der Waals surface area contributed by atoms with Crippen LogP contribution in [0.4, 0.5) is 5.82 Å². The molecule has 25 heavy (non-hydrogen) atoms. The van der Waals surface area contributed by atoms with Crippen LogP contribution in [0.25, 0.3) is 17.0 Å². The Bertz CT molecular complexity index is 999. The Morgan fingerprint density at radius 1 is 1.04 bits per heavy atom. The van der Waals surface area contributed by atoms with Gasteiger partial charge in [0.05, 0.1) is 7.11 Å². The topological polar surface area (TPSA) is 77.2 Å². The zero-order chi connectivity index (χ0) is 17.1. The van der Waals surface area contributed by atoms with Crippen molar-refractivity contribution in [2.75, 3.05) is 12.4 Å². The Hall–Kier alpha value is -3.48. The molecule has 4 aromatic rings. The Labute approximate surface area is 144 Å². The molecule has 0 aromatic carbocycles. The summed E-state index contributed by atoms with van der Waals surface area (Å²) in [5.74, 6) is 1.80. The van der Waals surface area contributed by atoms with Crippen LogP contribution in [-0.4, -0.2) is 31.7 Å². The highest BCUT2D eigenvalue weighted by Crippen LogP contribution is 2.21. The SMILES string of the molecule is COc1cccc(-c2nc(NCc3ccncc3)c3cccn3n2)n1. The first kappa shape index (κ1) is 15.1. The molecule has 0 saturated carbocycles. The highest BCUT2D eigenvalue weighted by molar-refractivity contribution is 5.69. The van der Waals surface area contributed by atoms with Gasteiger partial charge in [-0.2, -0.15) is 0 Å². The summed E-state index contributed by atoms with van der Waals surface area (Å²) in [6.45, 7) is 0.644. The minimum absolute atomic E-state index is 0.528. The summed E-state index contributed by atoms with van der Waals surface area (Å²) in [5, 5.41) is 7.90. The average molecular weight is 332 g/mol. The van der Waals surface area contributed by atoms with Gasteiger partial charge in [-0.3, -0.25) is 4.98 Å². The molecule has 124 valence electrons. The van der Waals surface area contributed by atoms with Gasteiger partial charge < -0.3 is 10.1 Å². The first-order chi connectivity index (χ1) is 12.3. The van der Waals surface area contributed by atoms with E-state index in [-0.39, 0.29) is 0 Å². The Kier molecular flexibility index (Phi) is 3.96. The van der Waals surface area contributed by atoms with E-state index in [0.29, 0.717) is 23.9 Å². The van der Waals surface area contributed by atoms with Crippen LogP contribution < -0.4 is 10.1 Å². The molecule has 0 radical (unpaired) electrons. The molecule has 4 aromatic heterocycles. The summed E-state index contributed by atoms with van der Waals surface area (Å²) in [5.41, 5.74) is 2.68. The molecule has 0 unspecified atom stereocenters. The van der Waals surface area contributed by atoms with E-state index in [9.17, 15) is 0 Å². The van der Waals surface area contributed by atoms with E-state index in [2.05, 4.69) is 25.4 Å². The van der Waals surface area contributed by atoms with E-state index in [1.807, 2.05) is 42.6 Å². The lowest BCUT2D eigenvalue weighted by molar-refractivity contribution is 0.398. The molecule has 4 rings (SSSR count). The van der Waals surface area contributed by atoms with Crippen molar-refractivity contribution < 1.29 is 4.74 Å². The van der Waals surface area contributed by atoms with Crippen molar-refractivity contribution in [1.29, 1.82) is 0 Å². The second-order valence-corrected chi connectivity index (χ2v) is 5.40. The fraction of sp³-hybridized carbons (Fsp3) is 0.111. The minimum atomic E-state index is 0.528. The molecule has 0 aliphatic heterocycles. The summed E-state index contributed by atoms with van der Waals surface area (Å²) < 4.78 is 6.98. The van der Waals surface area contributed by atoms with Gasteiger partial charge in [0.2, 0.25) is 11.7 Å². The summed E-state index contributed by atoms with van der Waals surface area (Å²) >= 11 is 0. The third-order valence-electron chi connectivity index (χ3n) is 3.76. The van der Waals surface area contributed by atoms with Crippen LogP contribution in [0.2, 0.25) is 0 Å². The number of rotatable bonds is 5. The standard InChI is InChI=1S/C18H16N6O/c1-25-16-6-2-4-14(21-16)17-22-18(15-5-3-11-24(15)23-17)20-12-13-7-9-19-10-8-13/h2-11H,12H2,1H3,(H,20,22,23). The zero-order valence-electron chi connectivity index (χ0n) is 13.6. The summed E-state index contributed by atoms with van der Waals surface area (Å²) in [6, 6.07) is 13.4. The van der Waals surface area contributed by atoms with E-state index in [1.54, 1.807) is 30.1 Å². The number of nitrogens with zero attached hydrogens (tertiary/aromatic N) is 5. The fourth-order valence-corrected chi connectivity index (χ4v) is 2.51. The molecule has 0 aliphatic carbocycles. The number of aromatic nitrogens is 5. The summed E-state index contributed by atoms with van der Waals surface area (Å²) in [4.78, 5) is 13.1. The average Bonchev–Trinajstić information content (AvgIpc) is 3.15. The van der Waals surface area contributed by atoms with Crippen molar-refractivity contribution >= 4 is 11.3 Å². The van der Waals surface area contributed by atoms with Gasteiger partial charge in [0.15, 0.2) is 5.82 Å². The van der Waals surface area contributed by atoms with Crippen LogP contribution in [0, 0.1) is 0 Å². The molecule has 0 aliphatic rings. The van der Waals surface area contributed by atoms with Gasteiger partial charge in [0, 0.05) is 31.2 Å². The van der Waals surface area contributed by atoms with Crippen LogP contribution in [0.15, 0.2) is 61.1 Å². The van der Waals surface area contributed by atoms with Gasteiger partial charge >= 0.3 is 0 Å². The van der Waals surface area contributed by atoms with Gasteiger partial charge in [-0.25, -0.2) is 14.5 Å². The van der Waals surface area contributed by atoms with Crippen molar-refractivity contribution in [2.24, 2.45) is 0 Å². The fourth-order valence-electron chi connectivity index (χ4n) is 2.51. The number of hydrogen-bond acceptors (Lipinski definition) is 6. The first-order valence-electron chi connectivity index (χ1n) is 7.83. The van der Waals surface area contributed by atoms with Crippen LogP contribution in [0.3, 0.4) is 0 Å². The van der Waals surface area contributed by atoms with E-state index < -0.39 is 0 Å². The van der Waals surface area contributed by atoms with Crippen LogP contribution >= 0.6 is 0 Å². The monoisotopic (exact) mass is 332 g/mol. The lowest BCUT2D eigenvalue weighted by atomic mass is 10.2. The summed E-state index contributed by atoms with van der Waals surface area (Å²) in [7, 11) is 1.59. The zero-order valence-corrected chi connectivity index (χ0v) is 13.6. The maximum Gasteiger partial charge on any atom is 0.213 e. The molecule has 0 fully saturated rings. The van der Waals surface area contributed by atoms with Crippen molar-refractivity contribution in [2.45, 2.75) is 6.54 Å².